The fourth-order valence-corrected chi connectivity index (χ4v) is 7.04. The Morgan fingerprint density at radius 2 is 0.750 bits per heavy atom. The van der Waals surface area contributed by atoms with E-state index >= 15 is 0 Å². The maximum Gasteiger partial charge on any atom is 0.116 e. The Morgan fingerprint density at radius 3 is 1.27 bits per heavy atom. The summed E-state index contributed by atoms with van der Waals surface area (Å²) < 4.78 is 0. The lowest BCUT2D eigenvalue weighted by Gasteiger charge is -2.10. The van der Waals surface area contributed by atoms with Gasteiger partial charge in [0, 0.05) is 11.1 Å². The summed E-state index contributed by atoms with van der Waals surface area (Å²) in [6.07, 6.45) is 3.67. The number of aromatic nitrogens is 2. The Balaban J connectivity index is 1.02. The van der Waals surface area contributed by atoms with Crippen LogP contribution in [0, 0.1) is 0 Å². The summed E-state index contributed by atoms with van der Waals surface area (Å²) in [5, 5.41) is 0. The summed E-state index contributed by atoms with van der Waals surface area (Å²) in [4.78, 5) is 9.37. The first-order valence-electron chi connectivity index (χ1n) is 15.2. The van der Waals surface area contributed by atoms with Crippen molar-refractivity contribution in [2.24, 2.45) is 0 Å². The zero-order valence-corrected chi connectivity index (χ0v) is 24.2. The topological polar surface area (TPSA) is 25.8 Å². The molecule has 7 aromatic rings. The molecule has 0 amide bonds. The SMILES string of the molecule is c1cc(-c2ccc3c(c2)Cc2ccccc2-3)cc(-c2cc(-c3cccc(-c4ccc5c(c4)Cc4ccccc4-5)c3)ncn2)c1. The van der Waals surface area contributed by atoms with Crippen LogP contribution in [-0.4, -0.2) is 9.97 Å². The highest BCUT2D eigenvalue weighted by Crippen LogP contribution is 2.40. The highest BCUT2D eigenvalue weighted by Gasteiger charge is 2.19. The minimum atomic E-state index is 0.922. The molecule has 0 saturated carbocycles. The predicted octanol–water partition coefficient (Wildman–Crippen LogP) is 10.3. The zero-order chi connectivity index (χ0) is 29.0. The number of rotatable bonds is 4. The Morgan fingerprint density at radius 1 is 0.318 bits per heavy atom. The van der Waals surface area contributed by atoms with Crippen molar-refractivity contribution in [2.75, 3.05) is 0 Å². The van der Waals surface area contributed by atoms with Crippen molar-refractivity contribution in [1.82, 2.24) is 9.97 Å². The first kappa shape index (κ1) is 24.9. The molecule has 0 atom stereocenters. The molecule has 0 bridgehead atoms. The summed E-state index contributed by atoms with van der Waals surface area (Å²) in [5.41, 5.74) is 19.9. The average molecular weight is 561 g/mol. The van der Waals surface area contributed by atoms with E-state index in [1.165, 1.54) is 66.8 Å². The molecule has 2 aliphatic carbocycles. The number of hydrogen-bond acceptors (Lipinski definition) is 2. The molecule has 2 aliphatic rings. The van der Waals surface area contributed by atoms with E-state index < -0.39 is 0 Å². The highest BCUT2D eigenvalue weighted by molar-refractivity contribution is 5.83. The molecule has 0 aliphatic heterocycles. The van der Waals surface area contributed by atoms with Gasteiger partial charge in [0.2, 0.25) is 0 Å². The third-order valence-corrected chi connectivity index (χ3v) is 9.24. The van der Waals surface area contributed by atoms with Gasteiger partial charge in [-0.1, -0.05) is 121 Å². The van der Waals surface area contributed by atoms with Crippen LogP contribution in [0.2, 0.25) is 0 Å². The van der Waals surface area contributed by atoms with Gasteiger partial charge in [0.05, 0.1) is 11.4 Å². The molecule has 2 heteroatoms. The van der Waals surface area contributed by atoms with Gasteiger partial charge in [-0.05, 0) is 97.8 Å². The molecule has 1 heterocycles. The fraction of sp³-hybridized carbons (Fsp3) is 0.0476. The Bertz CT molecular complexity index is 2090. The minimum absolute atomic E-state index is 0.922. The highest BCUT2D eigenvalue weighted by atomic mass is 14.8. The van der Waals surface area contributed by atoms with E-state index in [0.29, 0.717) is 0 Å². The van der Waals surface area contributed by atoms with Gasteiger partial charge >= 0.3 is 0 Å². The normalized spacial score (nSPS) is 12.4. The lowest BCUT2D eigenvalue weighted by molar-refractivity contribution is 1.18. The number of fused-ring (bicyclic) bond motifs is 6. The van der Waals surface area contributed by atoms with Crippen molar-refractivity contribution in [3.05, 3.63) is 168 Å². The van der Waals surface area contributed by atoms with Crippen LogP contribution in [0.1, 0.15) is 22.3 Å². The molecule has 2 nitrogen and oxygen atoms in total. The van der Waals surface area contributed by atoms with E-state index in [1.54, 1.807) is 6.33 Å². The molecular formula is C42H28N2. The van der Waals surface area contributed by atoms with E-state index in [4.69, 9.17) is 0 Å². The van der Waals surface area contributed by atoms with Crippen molar-refractivity contribution in [1.29, 1.82) is 0 Å². The van der Waals surface area contributed by atoms with Crippen LogP contribution >= 0.6 is 0 Å². The molecule has 0 saturated heterocycles. The second kappa shape index (κ2) is 10.00. The third kappa shape index (κ3) is 4.19. The quantitative estimate of drug-likeness (QED) is 0.214. The second-order valence-electron chi connectivity index (χ2n) is 11.9. The molecule has 206 valence electrons. The van der Waals surface area contributed by atoms with Crippen LogP contribution < -0.4 is 0 Å². The van der Waals surface area contributed by atoms with Gasteiger partial charge in [-0.2, -0.15) is 0 Å². The van der Waals surface area contributed by atoms with Crippen LogP contribution in [-0.2, 0) is 12.8 Å². The summed E-state index contributed by atoms with van der Waals surface area (Å²) in [7, 11) is 0. The maximum absolute atomic E-state index is 4.68. The standard InChI is InChI=1S/C42H28N2/c1-3-13-37-31(7-1)23-35-21-29(15-17-39(35)37)27-9-5-11-33(19-27)41-25-42(44-26-43-41)34-12-6-10-28(20-34)30-16-18-40-36(22-30)24-32-8-2-4-14-38(32)40/h1-22,25-26H,23-24H2. The first-order chi connectivity index (χ1) is 21.8. The predicted molar refractivity (Wildman–Crippen MR) is 180 cm³/mol. The Kier molecular flexibility index (Phi) is 5.67. The van der Waals surface area contributed by atoms with Gasteiger partial charge < -0.3 is 0 Å². The number of nitrogens with zero attached hydrogens (tertiary/aromatic N) is 2. The van der Waals surface area contributed by atoms with E-state index in [9.17, 15) is 0 Å². The van der Waals surface area contributed by atoms with Crippen molar-refractivity contribution in [3.8, 4) is 67.0 Å². The maximum atomic E-state index is 4.68. The Hall–Kier alpha value is -5.60. The Labute approximate surface area is 257 Å². The van der Waals surface area contributed by atoms with Crippen LogP contribution in [0.5, 0.6) is 0 Å². The smallest absolute Gasteiger partial charge is 0.116 e. The summed E-state index contributed by atoms with van der Waals surface area (Å²) in [6.45, 7) is 0. The summed E-state index contributed by atoms with van der Waals surface area (Å²) in [6, 6.07) is 50.7. The fourth-order valence-electron chi connectivity index (χ4n) is 7.04. The van der Waals surface area contributed by atoms with Gasteiger partial charge in [0.1, 0.15) is 6.33 Å². The molecule has 0 fully saturated rings. The second-order valence-corrected chi connectivity index (χ2v) is 11.9. The third-order valence-electron chi connectivity index (χ3n) is 9.24. The van der Waals surface area contributed by atoms with Crippen LogP contribution in [0.3, 0.4) is 0 Å². The van der Waals surface area contributed by atoms with E-state index in [0.717, 1.165) is 35.4 Å². The first-order valence-corrected chi connectivity index (χ1v) is 15.2. The van der Waals surface area contributed by atoms with Gasteiger partial charge in [0.25, 0.3) is 0 Å². The number of benzene rings is 6. The van der Waals surface area contributed by atoms with Gasteiger partial charge in [0.15, 0.2) is 0 Å². The van der Waals surface area contributed by atoms with Gasteiger partial charge in [-0.15, -0.1) is 0 Å². The van der Waals surface area contributed by atoms with Crippen molar-refractivity contribution >= 4 is 0 Å². The van der Waals surface area contributed by atoms with Crippen molar-refractivity contribution < 1.29 is 0 Å². The molecule has 0 spiro atoms. The lowest BCUT2D eigenvalue weighted by Crippen LogP contribution is -1.91. The number of hydrogen-bond donors (Lipinski definition) is 0. The van der Waals surface area contributed by atoms with Crippen LogP contribution in [0.15, 0.2) is 146 Å². The molecule has 1 aromatic heterocycles. The largest absolute Gasteiger partial charge is 0.236 e. The van der Waals surface area contributed by atoms with Gasteiger partial charge in [-0.3, -0.25) is 0 Å². The average Bonchev–Trinajstić information content (AvgIpc) is 3.66. The molecule has 0 N–H and O–H groups in total. The van der Waals surface area contributed by atoms with Crippen LogP contribution in [0.25, 0.3) is 67.0 Å². The molecular weight excluding hydrogens is 532 g/mol. The lowest BCUT2D eigenvalue weighted by atomic mass is 9.96. The minimum Gasteiger partial charge on any atom is -0.236 e. The molecule has 6 aromatic carbocycles. The summed E-state index contributed by atoms with van der Waals surface area (Å²) >= 11 is 0. The molecule has 9 rings (SSSR count). The van der Waals surface area contributed by atoms with Gasteiger partial charge in [-0.25, -0.2) is 9.97 Å². The monoisotopic (exact) mass is 560 g/mol. The molecule has 0 radical (unpaired) electrons. The van der Waals surface area contributed by atoms with E-state index in [1.807, 2.05) is 0 Å². The van der Waals surface area contributed by atoms with Crippen molar-refractivity contribution in [2.45, 2.75) is 12.8 Å². The summed E-state index contributed by atoms with van der Waals surface area (Å²) in [5.74, 6) is 0. The van der Waals surface area contributed by atoms with E-state index in [-0.39, 0.29) is 0 Å². The van der Waals surface area contributed by atoms with Crippen molar-refractivity contribution in [3.63, 3.8) is 0 Å². The van der Waals surface area contributed by atoms with E-state index in [2.05, 4.69) is 149 Å². The van der Waals surface area contributed by atoms with Crippen LogP contribution in [0.4, 0.5) is 0 Å². The molecule has 44 heavy (non-hydrogen) atoms. The molecule has 0 unspecified atom stereocenters. The zero-order valence-electron chi connectivity index (χ0n) is 24.2.